The van der Waals surface area contributed by atoms with E-state index in [2.05, 4.69) is 0 Å². The van der Waals surface area contributed by atoms with Gasteiger partial charge in [-0.15, -0.1) is 22.2 Å². The molecule has 0 rings (SSSR count). The maximum absolute atomic E-state index is 8.12. The zero-order valence-corrected chi connectivity index (χ0v) is 7.54. The standard InChI is InChI=1S/C4H7Cl2NOSi/c1-8-9(5,6)4-2-3-7/h2,4H2,1H3. The Morgan fingerprint density at radius 2 is 2.22 bits per heavy atom. The molecule has 0 aliphatic heterocycles. The van der Waals surface area contributed by atoms with Crippen molar-refractivity contribution in [3.8, 4) is 6.07 Å². The molecule has 0 saturated carbocycles. The summed E-state index contributed by atoms with van der Waals surface area (Å²) in [4.78, 5) is 0. The maximum Gasteiger partial charge on any atom is 0.390 e. The van der Waals surface area contributed by atoms with Crippen LogP contribution in [-0.4, -0.2) is 14.0 Å². The Balaban J connectivity index is 3.48. The van der Waals surface area contributed by atoms with E-state index in [4.69, 9.17) is 31.8 Å². The van der Waals surface area contributed by atoms with Crippen LogP contribution in [0.4, 0.5) is 0 Å². The Morgan fingerprint density at radius 1 is 1.67 bits per heavy atom. The Morgan fingerprint density at radius 3 is 2.56 bits per heavy atom. The van der Waals surface area contributed by atoms with Gasteiger partial charge in [0.1, 0.15) is 0 Å². The molecular formula is C4H7Cl2NOSi. The van der Waals surface area contributed by atoms with Crippen molar-refractivity contribution in [3.05, 3.63) is 0 Å². The normalized spacial score (nSPS) is 10.9. The van der Waals surface area contributed by atoms with Crippen molar-refractivity contribution < 1.29 is 4.43 Å². The fraction of sp³-hybridized carbons (Fsp3) is 0.750. The average molecular weight is 184 g/mol. The highest BCUT2D eigenvalue weighted by atomic mass is 35.7. The van der Waals surface area contributed by atoms with E-state index in [0.29, 0.717) is 12.5 Å². The minimum absolute atomic E-state index is 0.368. The molecule has 2 nitrogen and oxygen atoms in total. The van der Waals surface area contributed by atoms with Crippen LogP contribution in [-0.2, 0) is 4.43 Å². The highest BCUT2D eigenvalue weighted by Gasteiger charge is 2.27. The SMILES string of the molecule is CO[Si](Cl)(Cl)CCC#N. The molecule has 0 aliphatic rings. The van der Waals surface area contributed by atoms with Crippen molar-refractivity contribution in [1.82, 2.24) is 0 Å². The third-order valence-corrected chi connectivity index (χ3v) is 4.32. The second-order valence-electron chi connectivity index (χ2n) is 1.50. The molecule has 0 aromatic heterocycles. The van der Waals surface area contributed by atoms with Crippen molar-refractivity contribution in [1.29, 1.82) is 5.26 Å². The number of halogens is 2. The summed E-state index contributed by atoms with van der Waals surface area (Å²) in [5, 5.41) is 8.12. The van der Waals surface area contributed by atoms with Gasteiger partial charge in [0.15, 0.2) is 0 Å². The summed E-state index contributed by atoms with van der Waals surface area (Å²) in [7, 11) is 1.46. The molecule has 0 saturated heterocycles. The van der Waals surface area contributed by atoms with E-state index in [1.165, 1.54) is 7.11 Å². The van der Waals surface area contributed by atoms with Crippen LogP contribution in [0.2, 0.25) is 6.04 Å². The lowest BCUT2D eigenvalue weighted by atomic mass is 10.6. The minimum atomic E-state index is -2.48. The van der Waals surface area contributed by atoms with Gasteiger partial charge in [0, 0.05) is 19.6 Å². The lowest BCUT2D eigenvalue weighted by molar-refractivity contribution is 0.427. The second kappa shape index (κ2) is 4.12. The number of hydrogen-bond acceptors (Lipinski definition) is 2. The first-order valence-corrected chi connectivity index (χ1v) is 6.56. The number of hydrogen-bond donors (Lipinski definition) is 0. The fourth-order valence-corrected chi connectivity index (χ4v) is 1.48. The molecule has 0 aromatic carbocycles. The van der Waals surface area contributed by atoms with Crippen LogP contribution in [0, 0.1) is 11.3 Å². The summed E-state index contributed by atoms with van der Waals surface area (Å²) in [5.74, 6) is 0. The molecule has 0 N–H and O–H groups in total. The van der Waals surface area contributed by atoms with E-state index in [0.717, 1.165) is 0 Å². The van der Waals surface area contributed by atoms with E-state index in [9.17, 15) is 0 Å². The molecule has 0 aliphatic carbocycles. The summed E-state index contributed by atoms with van der Waals surface area (Å²) in [6, 6.07) is 2.42. The van der Waals surface area contributed by atoms with Crippen LogP contribution in [0.3, 0.4) is 0 Å². The minimum Gasteiger partial charge on any atom is -0.396 e. The Bertz CT molecular complexity index is 122. The van der Waals surface area contributed by atoms with Gasteiger partial charge >= 0.3 is 6.94 Å². The van der Waals surface area contributed by atoms with E-state index >= 15 is 0 Å². The summed E-state index contributed by atoms with van der Waals surface area (Å²) in [6.07, 6.45) is 0.368. The molecule has 0 amide bonds. The summed E-state index contributed by atoms with van der Waals surface area (Å²) in [6.45, 7) is -2.48. The average Bonchev–Trinajstić information content (AvgIpc) is 1.84. The van der Waals surface area contributed by atoms with Gasteiger partial charge in [0.25, 0.3) is 0 Å². The topological polar surface area (TPSA) is 33.0 Å². The van der Waals surface area contributed by atoms with Crippen LogP contribution in [0.25, 0.3) is 0 Å². The molecule has 0 atom stereocenters. The Hall–Kier alpha value is 0.247. The van der Waals surface area contributed by atoms with Gasteiger partial charge in [0.2, 0.25) is 0 Å². The quantitative estimate of drug-likeness (QED) is 0.496. The number of nitriles is 1. The van der Waals surface area contributed by atoms with Gasteiger partial charge < -0.3 is 4.43 Å². The predicted molar refractivity (Wildman–Crippen MR) is 39.5 cm³/mol. The largest absolute Gasteiger partial charge is 0.396 e. The van der Waals surface area contributed by atoms with Gasteiger partial charge in [-0.3, -0.25) is 0 Å². The smallest absolute Gasteiger partial charge is 0.390 e. The summed E-state index contributed by atoms with van der Waals surface area (Å²) in [5.41, 5.74) is 0. The van der Waals surface area contributed by atoms with E-state index < -0.39 is 6.94 Å². The van der Waals surface area contributed by atoms with Gasteiger partial charge in [-0.2, -0.15) is 5.26 Å². The molecule has 9 heavy (non-hydrogen) atoms. The van der Waals surface area contributed by atoms with Gasteiger partial charge in [-0.25, -0.2) is 0 Å². The first-order chi connectivity index (χ1) is 4.12. The van der Waals surface area contributed by atoms with Gasteiger partial charge in [-0.1, -0.05) is 0 Å². The summed E-state index contributed by atoms with van der Waals surface area (Å²) < 4.78 is 4.76. The molecule has 0 radical (unpaired) electrons. The van der Waals surface area contributed by atoms with Gasteiger partial charge in [0.05, 0.1) is 6.07 Å². The lowest BCUT2D eigenvalue weighted by Crippen LogP contribution is -2.21. The molecule has 0 fully saturated rings. The third-order valence-electron chi connectivity index (χ3n) is 0.826. The molecule has 0 aromatic rings. The Kier molecular flexibility index (Phi) is 4.24. The first kappa shape index (κ1) is 9.25. The van der Waals surface area contributed by atoms with Crippen molar-refractivity contribution in [2.24, 2.45) is 0 Å². The lowest BCUT2D eigenvalue weighted by Gasteiger charge is -2.10. The summed E-state index contributed by atoms with van der Waals surface area (Å²) >= 11 is 11.3. The predicted octanol–water partition coefficient (Wildman–Crippen LogP) is 1.96. The van der Waals surface area contributed by atoms with Crippen LogP contribution < -0.4 is 0 Å². The zero-order chi connectivity index (χ0) is 7.33. The molecule has 5 heteroatoms. The van der Waals surface area contributed by atoms with Crippen molar-refractivity contribution in [2.45, 2.75) is 12.5 Å². The van der Waals surface area contributed by atoms with E-state index in [1.54, 1.807) is 0 Å². The number of rotatable bonds is 3. The zero-order valence-electron chi connectivity index (χ0n) is 5.03. The third kappa shape index (κ3) is 4.73. The highest BCUT2D eigenvalue weighted by Crippen LogP contribution is 2.21. The van der Waals surface area contributed by atoms with Crippen LogP contribution in [0.1, 0.15) is 6.42 Å². The van der Waals surface area contributed by atoms with Crippen LogP contribution >= 0.6 is 22.2 Å². The van der Waals surface area contributed by atoms with Crippen LogP contribution in [0.15, 0.2) is 0 Å². The molecule has 0 unspecified atom stereocenters. The van der Waals surface area contributed by atoms with Crippen molar-refractivity contribution >= 4 is 29.1 Å². The number of nitrogens with zero attached hydrogens (tertiary/aromatic N) is 1. The monoisotopic (exact) mass is 183 g/mol. The molecular weight excluding hydrogens is 177 g/mol. The molecule has 0 bridgehead atoms. The van der Waals surface area contributed by atoms with E-state index in [1.807, 2.05) is 6.07 Å². The van der Waals surface area contributed by atoms with Gasteiger partial charge in [-0.05, 0) is 0 Å². The maximum atomic E-state index is 8.12. The van der Waals surface area contributed by atoms with E-state index in [-0.39, 0.29) is 0 Å². The van der Waals surface area contributed by atoms with Crippen LogP contribution in [0.5, 0.6) is 0 Å². The first-order valence-electron chi connectivity index (χ1n) is 2.42. The molecule has 0 heterocycles. The Labute approximate surface area is 64.9 Å². The van der Waals surface area contributed by atoms with Crippen molar-refractivity contribution in [2.75, 3.05) is 7.11 Å². The second-order valence-corrected chi connectivity index (χ2v) is 7.93. The molecule has 52 valence electrons. The molecule has 0 spiro atoms. The fourth-order valence-electron chi connectivity index (χ4n) is 0.303. The highest BCUT2D eigenvalue weighted by molar-refractivity contribution is 7.42. The van der Waals surface area contributed by atoms with Crippen molar-refractivity contribution in [3.63, 3.8) is 0 Å².